The van der Waals surface area contributed by atoms with Crippen LogP contribution in [0.15, 0.2) is 24.3 Å². The van der Waals surface area contributed by atoms with Crippen LogP contribution in [0.5, 0.6) is 23.0 Å². The number of nitrogens with zero attached hydrogens (tertiary/aromatic N) is 2. The summed E-state index contributed by atoms with van der Waals surface area (Å²) in [6.45, 7) is 2.46. The van der Waals surface area contributed by atoms with Gasteiger partial charge in [-0.25, -0.2) is 0 Å². The quantitative estimate of drug-likeness (QED) is 0.169. The van der Waals surface area contributed by atoms with E-state index in [1.54, 1.807) is 54.0 Å². The molecule has 0 unspecified atom stereocenters. The number of thiophene rings is 1. The van der Waals surface area contributed by atoms with Crippen LogP contribution >= 0.6 is 11.3 Å². The predicted octanol–water partition coefficient (Wildman–Crippen LogP) is 5.57. The van der Waals surface area contributed by atoms with E-state index in [-0.39, 0.29) is 0 Å². The molecule has 3 aromatic rings. The Labute approximate surface area is 259 Å². The Morgan fingerprint density at radius 1 is 0.512 bits per heavy atom. The summed E-state index contributed by atoms with van der Waals surface area (Å²) in [5.41, 5.74) is 5.50. The minimum atomic E-state index is 0.320. The smallest absolute Gasteiger partial charge is 0.133 e. The lowest BCUT2D eigenvalue weighted by Gasteiger charge is -2.20. The minimum absolute atomic E-state index is 0.320. The molecular weight excluding hydrogens is 572 g/mol. The Balaban J connectivity index is 2.41. The number of anilines is 2. The molecule has 10 nitrogen and oxygen atoms in total. The van der Waals surface area contributed by atoms with Gasteiger partial charge in [-0.15, -0.1) is 11.3 Å². The predicted molar refractivity (Wildman–Crippen MR) is 173 cm³/mol. The number of benzene rings is 2. The summed E-state index contributed by atoms with van der Waals surface area (Å²) < 4.78 is 46.7. The van der Waals surface area contributed by atoms with Gasteiger partial charge in [0.1, 0.15) is 23.0 Å². The van der Waals surface area contributed by atoms with Crippen molar-refractivity contribution in [2.75, 3.05) is 107 Å². The molecule has 1 aromatic heterocycles. The molecule has 0 atom stereocenters. The van der Waals surface area contributed by atoms with Crippen molar-refractivity contribution < 1.29 is 37.9 Å². The second kappa shape index (κ2) is 16.6. The number of methoxy groups -OCH3 is 6. The van der Waals surface area contributed by atoms with Gasteiger partial charge in [-0.05, 0) is 0 Å². The molecule has 0 fully saturated rings. The zero-order valence-electron chi connectivity index (χ0n) is 27.1. The van der Waals surface area contributed by atoms with Gasteiger partial charge in [0.25, 0.3) is 0 Å². The van der Waals surface area contributed by atoms with E-state index in [0.717, 1.165) is 43.4 Å². The molecule has 11 heteroatoms. The van der Waals surface area contributed by atoms with Crippen molar-refractivity contribution in [2.24, 2.45) is 0 Å². The second-order valence-electron chi connectivity index (χ2n) is 10.0. The number of hydrogen-bond acceptors (Lipinski definition) is 11. The van der Waals surface area contributed by atoms with Crippen molar-refractivity contribution >= 4 is 22.7 Å². The fraction of sp³-hybridized carbons (Fsp3) is 0.500. The van der Waals surface area contributed by atoms with E-state index in [4.69, 9.17) is 37.9 Å². The summed E-state index contributed by atoms with van der Waals surface area (Å²) in [5, 5.41) is 0. The van der Waals surface area contributed by atoms with Crippen LogP contribution in [0.25, 0.3) is 20.9 Å². The van der Waals surface area contributed by atoms with Gasteiger partial charge in [-0.2, -0.15) is 0 Å². The van der Waals surface area contributed by atoms with Gasteiger partial charge in [0.05, 0.1) is 79.2 Å². The van der Waals surface area contributed by atoms with Crippen LogP contribution in [-0.2, 0) is 32.2 Å². The van der Waals surface area contributed by atoms with Gasteiger partial charge in [-0.1, -0.05) is 0 Å². The van der Waals surface area contributed by atoms with Crippen molar-refractivity contribution in [1.82, 2.24) is 0 Å². The number of ether oxygens (including phenoxy) is 8. The molecule has 43 heavy (non-hydrogen) atoms. The summed E-state index contributed by atoms with van der Waals surface area (Å²) in [7, 11) is 17.9. The Hall–Kier alpha value is -3.22. The fourth-order valence-electron chi connectivity index (χ4n) is 4.60. The van der Waals surface area contributed by atoms with Crippen LogP contribution in [0.1, 0.15) is 11.1 Å². The third-order valence-electron chi connectivity index (χ3n) is 6.94. The first-order valence-corrected chi connectivity index (χ1v) is 14.7. The van der Waals surface area contributed by atoms with Crippen LogP contribution in [-0.4, -0.2) is 97.3 Å². The Morgan fingerprint density at radius 2 is 0.837 bits per heavy atom. The van der Waals surface area contributed by atoms with Crippen molar-refractivity contribution in [3.63, 3.8) is 0 Å². The van der Waals surface area contributed by atoms with Gasteiger partial charge < -0.3 is 47.7 Å². The molecule has 0 amide bonds. The van der Waals surface area contributed by atoms with Gasteiger partial charge >= 0.3 is 0 Å². The van der Waals surface area contributed by atoms with Gasteiger partial charge in [0.2, 0.25) is 0 Å². The van der Waals surface area contributed by atoms with Crippen molar-refractivity contribution in [3.8, 4) is 43.9 Å². The fourth-order valence-corrected chi connectivity index (χ4v) is 6.02. The second-order valence-corrected chi connectivity index (χ2v) is 11.1. The van der Waals surface area contributed by atoms with E-state index < -0.39 is 0 Å². The Bertz CT molecular complexity index is 1180. The first-order valence-electron chi connectivity index (χ1n) is 13.9. The van der Waals surface area contributed by atoms with Gasteiger partial charge in [0.15, 0.2) is 0 Å². The summed E-state index contributed by atoms with van der Waals surface area (Å²) >= 11 is 1.60. The minimum Gasteiger partial charge on any atom is -0.496 e. The summed E-state index contributed by atoms with van der Waals surface area (Å²) in [4.78, 5) is 5.91. The Kier molecular flexibility index (Phi) is 13.2. The van der Waals surface area contributed by atoms with Crippen LogP contribution < -0.4 is 28.7 Å². The zero-order valence-corrected chi connectivity index (χ0v) is 27.9. The standard InChI is InChI=1S/C32H46N2O8S/c1-33(2)21-15-25(37-7)29(26(16-21)38-8)31-23(19-41-13-11-35-5)24(20-42-14-12-36-6)32(43-31)30-27(39-9)17-22(34(3)4)18-28(30)40-10/h15-18H,11-14,19-20H2,1-10H3. The molecule has 0 saturated carbocycles. The molecule has 0 aliphatic carbocycles. The van der Waals surface area contributed by atoms with Crippen LogP contribution in [0.3, 0.4) is 0 Å². The highest BCUT2D eigenvalue weighted by atomic mass is 32.1. The van der Waals surface area contributed by atoms with E-state index in [1.165, 1.54) is 0 Å². The lowest BCUT2D eigenvalue weighted by Crippen LogP contribution is -2.10. The van der Waals surface area contributed by atoms with Gasteiger partial charge in [-0.3, -0.25) is 0 Å². The molecule has 2 aromatic carbocycles. The molecule has 0 radical (unpaired) electrons. The van der Waals surface area contributed by atoms with Gasteiger partial charge in [0, 0.05) is 98.9 Å². The van der Waals surface area contributed by atoms with E-state index in [2.05, 4.69) is 0 Å². The average Bonchev–Trinajstić information content (AvgIpc) is 3.36. The molecule has 1 heterocycles. The van der Waals surface area contributed by atoms with Crippen molar-refractivity contribution in [1.29, 1.82) is 0 Å². The third-order valence-corrected chi connectivity index (χ3v) is 8.25. The van der Waals surface area contributed by atoms with E-state index in [9.17, 15) is 0 Å². The highest BCUT2D eigenvalue weighted by Gasteiger charge is 2.29. The van der Waals surface area contributed by atoms with Crippen LogP contribution in [0.2, 0.25) is 0 Å². The maximum Gasteiger partial charge on any atom is 0.133 e. The molecule has 0 saturated heterocycles. The van der Waals surface area contributed by atoms with E-state index >= 15 is 0 Å². The zero-order chi connectivity index (χ0) is 31.5. The summed E-state index contributed by atoms with van der Waals surface area (Å²) in [5.74, 6) is 2.73. The van der Waals surface area contributed by atoms with E-state index in [1.807, 2.05) is 62.3 Å². The van der Waals surface area contributed by atoms with Crippen molar-refractivity contribution in [2.45, 2.75) is 13.2 Å². The molecule has 0 aliphatic heterocycles. The molecule has 3 rings (SSSR count). The first kappa shape index (κ1) is 34.3. The SMILES string of the molecule is COCCOCc1c(-c2c(OC)cc(N(C)C)cc2OC)sc(-c2c(OC)cc(N(C)C)cc2OC)c1COCCOC. The Morgan fingerprint density at radius 3 is 1.09 bits per heavy atom. The summed E-state index contributed by atoms with van der Waals surface area (Å²) in [6.07, 6.45) is 0. The van der Waals surface area contributed by atoms with Crippen LogP contribution in [0.4, 0.5) is 11.4 Å². The number of rotatable bonds is 18. The third kappa shape index (κ3) is 8.04. The monoisotopic (exact) mass is 618 g/mol. The molecule has 0 aliphatic rings. The van der Waals surface area contributed by atoms with E-state index in [0.29, 0.717) is 62.6 Å². The maximum absolute atomic E-state index is 6.15. The normalized spacial score (nSPS) is 11.0. The summed E-state index contributed by atoms with van der Waals surface area (Å²) in [6, 6.07) is 8.03. The molecular formula is C32H46N2O8S. The molecule has 0 bridgehead atoms. The topological polar surface area (TPSA) is 80.3 Å². The molecule has 0 spiro atoms. The lowest BCUT2D eigenvalue weighted by molar-refractivity contribution is 0.0539. The molecule has 238 valence electrons. The molecule has 0 N–H and O–H groups in total. The highest BCUT2D eigenvalue weighted by molar-refractivity contribution is 7.19. The number of hydrogen-bond donors (Lipinski definition) is 0. The maximum atomic E-state index is 6.15. The highest BCUT2D eigenvalue weighted by Crippen LogP contribution is 2.54. The lowest BCUT2D eigenvalue weighted by atomic mass is 9.99. The van der Waals surface area contributed by atoms with Crippen molar-refractivity contribution in [3.05, 3.63) is 35.4 Å². The first-order chi connectivity index (χ1) is 20.8. The largest absolute Gasteiger partial charge is 0.496 e. The average molecular weight is 619 g/mol. The van der Waals surface area contributed by atoms with Crippen LogP contribution in [0, 0.1) is 0 Å².